The largest absolute Gasteiger partial charge is 0.226 e. The fourth-order valence-corrected chi connectivity index (χ4v) is 0.329. The number of rotatable bonds is 1. The van der Waals surface area contributed by atoms with E-state index in [1.807, 2.05) is 13.8 Å². The molecule has 0 spiro atoms. The molecule has 0 bridgehead atoms. The summed E-state index contributed by atoms with van der Waals surface area (Å²) < 4.78 is 0. The minimum absolute atomic E-state index is 0.963. The van der Waals surface area contributed by atoms with Gasteiger partial charge in [0.05, 0.1) is 0 Å². The van der Waals surface area contributed by atoms with Crippen LogP contribution in [0, 0.1) is 12.5 Å². The fourth-order valence-electron chi connectivity index (χ4n) is 0.329. The third-order valence-electron chi connectivity index (χ3n) is 0.537. The van der Waals surface area contributed by atoms with Gasteiger partial charge >= 0.3 is 0 Å². The van der Waals surface area contributed by atoms with Gasteiger partial charge in [-0.1, -0.05) is 6.42 Å². The van der Waals surface area contributed by atoms with Crippen molar-refractivity contribution in [3.05, 3.63) is 0 Å². The predicted octanol–water partition coefficient (Wildman–Crippen LogP) is 0.905. The zero-order valence-corrected chi connectivity index (χ0v) is 5.47. The van der Waals surface area contributed by atoms with Crippen molar-refractivity contribution in [2.75, 3.05) is 7.05 Å². The Morgan fingerprint density at radius 2 is 2.12 bits per heavy atom. The maximum atomic E-state index is 4.99. The van der Waals surface area contributed by atoms with E-state index in [0.29, 0.717) is 0 Å². The first-order valence-corrected chi connectivity index (χ1v) is 2.38. The number of hydrogen-bond donors (Lipinski definition) is 0. The molecular formula is C6H10N2. The van der Waals surface area contributed by atoms with Crippen LogP contribution in [0.3, 0.4) is 0 Å². The third-order valence-corrected chi connectivity index (χ3v) is 0.537. The molecular weight excluding hydrogens is 100 g/mol. The molecule has 0 aliphatic carbocycles. The summed E-state index contributed by atoms with van der Waals surface area (Å²) in [5.41, 5.74) is 0.963. The molecule has 0 unspecified atom stereocenters. The lowest BCUT2D eigenvalue weighted by Crippen LogP contribution is -2.03. The lowest BCUT2D eigenvalue weighted by molar-refractivity contribution is 0.520. The molecule has 0 aromatic rings. The van der Waals surface area contributed by atoms with E-state index in [2.05, 4.69) is 11.1 Å². The normalized spacial score (nSPS) is 7.25. The van der Waals surface area contributed by atoms with Crippen LogP contribution in [-0.4, -0.2) is 17.8 Å². The summed E-state index contributed by atoms with van der Waals surface area (Å²) in [6, 6.07) is 2.34. The lowest BCUT2D eigenvalue weighted by Gasteiger charge is -2.00. The van der Waals surface area contributed by atoms with Crippen molar-refractivity contribution in [1.82, 2.24) is 5.01 Å². The van der Waals surface area contributed by atoms with Gasteiger partial charge in [-0.2, -0.15) is 5.10 Å². The number of hydrazone groups is 1. The van der Waals surface area contributed by atoms with Crippen LogP contribution in [-0.2, 0) is 0 Å². The van der Waals surface area contributed by atoms with E-state index >= 15 is 0 Å². The summed E-state index contributed by atoms with van der Waals surface area (Å²) in [5, 5.41) is 5.35. The molecule has 0 saturated heterocycles. The third kappa shape index (κ3) is 3.23. The molecule has 0 fully saturated rings. The highest BCUT2D eigenvalue weighted by Crippen LogP contribution is 1.79. The van der Waals surface area contributed by atoms with Gasteiger partial charge in [0.15, 0.2) is 0 Å². The number of terminal acetylenes is 1. The second-order valence-electron chi connectivity index (χ2n) is 1.70. The van der Waals surface area contributed by atoms with Crippen LogP contribution in [0.15, 0.2) is 5.10 Å². The van der Waals surface area contributed by atoms with Gasteiger partial charge < -0.3 is 0 Å². The molecule has 8 heavy (non-hydrogen) atoms. The van der Waals surface area contributed by atoms with Gasteiger partial charge in [-0.15, -0.1) is 0 Å². The maximum absolute atomic E-state index is 4.99. The molecule has 2 nitrogen and oxygen atoms in total. The van der Waals surface area contributed by atoms with Gasteiger partial charge in [0.2, 0.25) is 0 Å². The first kappa shape index (κ1) is 7.03. The van der Waals surface area contributed by atoms with Gasteiger partial charge in [-0.05, 0) is 13.8 Å². The topological polar surface area (TPSA) is 15.6 Å². The maximum Gasteiger partial charge on any atom is 0.0391 e. The van der Waals surface area contributed by atoms with Crippen LogP contribution in [0.25, 0.3) is 0 Å². The molecule has 0 aliphatic rings. The molecule has 0 amide bonds. The first-order chi connectivity index (χ1) is 3.66. The van der Waals surface area contributed by atoms with Gasteiger partial charge in [-0.3, -0.25) is 0 Å². The molecule has 0 aromatic heterocycles. The minimum Gasteiger partial charge on any atom is -0.226 e. The van der Waals surface area contributed by atoms with Crippen LogP contribution >= 0.6 is 0 Å². The van der Waals surface area contributed by atoms with Gasteiger partial charge in [-0.25, -0.2) is 5.01 Å². The van der Waals surface area contributed by atoms with Crippen molar-refractivity contribution in [1.29, 1.82) is 0 Å². The number of hydrogen-bond acceptors (Lipinski definition) is 2. The molecule has 2 heteroatoms. The molecule has 0 rings (SSSR count). The summed E-state index contributed by atoms with van der Waals surface area (Å²) >= 11 is 0. The zero-order valence-electron chi connectivity index (χ0n) is 5.47. The summed E-state index contributed by atoms with van der Waals surface area (Å²) in [7, 11) is 1.73. The Hall–Kier alpha value is -0.970. The average Bonchev–Trinajstić information content (AvgIpc) is 1.65. The van der Waals surface area contributed by atoms with E-state index in [9.17, 15) is 0 Å². The molecule has 0 aromatic carbocycles. The van der Waals surface area contributed by atoms with Crippen molar-refractivity contribution >= 4 is 5.71 Å². The molecule has 0 aliphatic heterocycles. The van der Waals surface area contributed by atoms with E-state index in [0.717, 1.165) is 5.71 Å². The van der Waals surface area contributed by atoms with Gasteiger partial charge in [0, 0.05) is 18.8 Å². The Balaban J connectivity index is 3.74. The van der Waals surface area contributed by atoms with Gasteiger partial charge in [0.1, 0.15) is 0 Å². The van der Waals surface area contributed by atoms with Crippen LogP contribution < -0.4 is 0 Å². The Bertz CT molecular complexity index is 126. The summed E-state index contributed by atoms with van der Waals surface area (Å²) in [4.78, 5) is 0. The summed E-state index contributed by atoms with van der Waals surface area (Å²) in [6.45, 7) is 3.79. The fraction of sp³-hybridized carbons (Fsp3) is 0.500. The predicted molar refractivity (Wildman–Crippen MR) is 35.4 cm³/mol. The van der Waals surface area contributed by atoms with E-state index < -0.39 is 0 Å². The summed E-state index contributed by atoms with van der Waals surface area (Å²) in [6.07, 6.45) is 4.99. The molecule has 0 atom stereocenters. The van der Waals surface area contributed by atoms with Crippen LogP contribution in [0.5, 0.6) is 0 Å². The molecule has 0 saturated carbocycles. The van der Waals surface area contributed by atoms with Crippen LogP contribution in [0.4, 0.5) is 0 Å². The minimum atomic E-state index is 0.963. The lowest BCUT2D eigenvalue weighted by atomic mass is 10.5. The highest BCUT2D eigenvalue weighted by atomic mass is 15.4. The van der Waals surface area contributed by atoms with E-state index in [1.165, 1.54) is 5.01 Å². The molecule has 0 N–H and O–H groups in total. The van der Waals surface area contributed by atoms with Crippen molar-refractivity contribution in [3.63, 3.8) is 0 Å². The molecule has 44 valence electrons. The molecule has 0 heterocycles. The molecule has 0 radical (unpaired) electrons. The Labute approximate surface area is 50.2 Å². The Morgan fingerprint density at radius 1 is 1.62 bits per heavy atom. The smallest absolute Gasteiger partial charge is 0.0391 e. The van der Waals surface area contributed by atoms with E-state index in [-0.39, 0.29) is 0 Å². The monoisotopic (exact) mass is 110 g/mol. The SMILES string of the molecule is C#CN(C)N=C(C)C. The van der Waals surface area contributed by atoms with Crippen molar-refractivity contribution in [3.8, 4) is 12.5 Å². The second-order valence-corrected chi connectivity index (χ2v) is 1.70. The van der Waals surface area contributed by atoms with Crippen molar-refractivity contribution in [2.24, 2.45) is 5.10 Å². The van der Waals surface area contributed by atoms with Crippen LogP contribution in [0.1, 0.15) is 13.8 Å². The standard InChI is InChI=1S/C6H10N2/c1-5-8(4)7-6(2)3/h1H,2-4H3. The summed E-state index contributed by atoms with van der Waals surface area (Å²) in [5.74, 6) is 0. The Kier molecular flexibility index (Phi) is 2.71. The first-order valence-electron chi connectivity index (χ1n) is 2.38. The number of nitrogens with zero attached hydrogens (tertiary/aromatic N) is 2. The van der Waals surface area contributed by atoms with Crippen molar-refractivity contribution in [2.45, 2.75) is 13.8 Å². The van der Waals surface area contributed by atoms with Gasteiger partial charge in [0.25, 0.3) is 0 Å². The Morgan fingerprint density at radius 3 is 2.25 bits per heavy atom. The second kappa shape index (κ2) is 3.09. The quantitative estimate of drug-likeness (QED) is 0.212. The van der Waals surface area contributed by atoms with E-state index in [1.54, 1.807) is 7.05 Å². The highest BCUT2D eigenvalue weighted by molar-refractivity contribution is 5.78. The average molecular weight is 110 g/mol. The van der Waals surface area contributed by atoms with E-state index in [4.69, 9.17) is 6.42 Å². The highest BCUT2D eigenvalue weighted by Gasteiger charge is 1.80. The van der Waals surface area contributed by atoms with Crippen LogP contribution in [0.2, 0.25) is 0 Å². The van der Waals surface area contributed by atoms with Crippen molar-refractivity contribution < 1.29 is 0 Å². The zero-order chi connectivity index (χ0) is 6.57.